The van der Waals surface area contributed by atoms with Gasteiger partial charge in [0.1, 0.15) is 10.6 Å². The lowest BCUT2D eigenvalue weighted by Gasteiger charge is -2.09. The minimum absolute atomic E-state index is 0.213. The molecule has 0 aliphatic heterocycles. The summed E-state index contributed by atoms with van der Waals surface area (Å²) in [7, 11) is 1.64. The van der Waals surface area contributed by atoms with Crippen molar-refractivity contribution in [3.8, 4) is 16.9 Å². The number of aryl methyl sites for hydroxylation is 2. The van der Waals surface area contributed by atoms with Crippen LogP contribution in [0.5, 0.6) is 5.75 Å². The van der Waals surface area contributed by atoms with Crippen molar-refractivity contribution in [3.63, 3.8) is 0 Å². The molecule has 0 radical (unpaired) electrons. The Kier molecular flexibility index (Phi) is 5.57. The number of methoxy groups -OCH3 is 1. The number of fused-ring (bicyclic) bond motifs is 1. The molecule has 8 heteroatoms. The maximum Gasteiger partial charge on any atom is 0.260 e. The Morgan fingerprint density at radius 3 is 2.74 bits per heavy atom. The number of hydrogen-bond donors (Lipinski definition) is 2. The molecule has 3 N–H and O–H groups in total. The zero-order valence-corrected chi connectivity index (χ0v) is 17.2. The molecular weight excluding hydrogens is 382 g/mol. The highest BCUT2D eigenvalue weighted by atomic mass is 32.2. The highest BCUT2D eigenvalue weighted by Gasteiger charge is 2.20. The van der Waals surface area contributed by atoms with Crippen LogP contribution < -0.4 is 16.0 Å². The largest absolute Gasteiger partial charge is 0.496 e. The van der Waals surface area contributed by atoms with Crippen LogP contribution in [0.1, 0.15) is 23.8 Å². The summed E-state index contributed by atoms with van der Waals surface area (Å²) >= 11 is 2.66. The van der Waals surface area contributed by atoms with Gasteiger partial charge in [0.2, 0.25) is 5.91 Å². The van der Waals surface area contributed by atoms with Crippen molar-refractivity contribution in [2.24, 2.45) is 5.73 Å². The fourth-order valence-corrected chi connectivity index (χ4v) is 4.97. The molecule has 1 unspecified atom stereocenters. The molecule has 0 fully saturated rings. The predicted molar refractivity (Wildman–Crippen MR) is 111 cm³/mol. The van der Waals surface area contributed by atoms with Gasteiger partial charge in [0, 0.05) is 10.4 Å². The minimum Gasteiger partial charge on any atom is -0.496 e. The molecule has 0 saturated heterocycles. The van der Waals surface area contributed by atoms with E-state index in [1.165, 1.54) is 23.1 Å². The molecule has 0 spiro atoms. The van der Waals surface area contributed by atoms with Gasteiger partial charge in [-0.05, 0) is 43.5 Å². The number of amides is 1. The van der Waals surface area contributed by atoms with Crippen molar-refractivity contribution in [2.75, 3.05) is 7.11 Å². The van der Waals surface area contributed by atoms with E-state index in [0.29, 0.717) is 21.8 Å². The van der Waals surface area contributed by atoms with Crippen LogP contribution in [0, 0.1) is 13.8 Å². The summed E-state index contributed by atoms with van der Waals surface area (Å²) in [6.07, 6.45) is 0.571. The van der Waals surface area contributed by atoms with Crippen molar-refractivity contribution in [1.29, 1.82) is 0 Å². The van der Waals surface area contributed by atoms with E-state index < -0.39 is 11.2 Å². The van der Waals surface area contributed by atoms with Crippen molar-refractivity contribution in [3.05, 3.63) is 39.0 Å². The molecular formula is C19H21N3O3S2. The lowest BCUT2D eigenvalue weighted by atomic mass is 10.0. The van der Waals surface area contributed by atoms with Crippen LogP contribution in [0.3, 0.4) is 0 Å². The van der Waals surface area contributed by atoms with E-state index in [0.717, 1.165) is 27.3 Å². The zero-order valence-electron chi connectivity index (χ0n) is 15.6. The van der Waals surface area contributed by atoms with Gasteiger partial charge in [0.05, 0.1) is 17.7 Å². The van der Waals surface area contributed by atoms with Gasteiger partial charge >= 0.3 is 0 Å². The van der Waals surface area contributed by atoms with E-state index in [2.05, 4.69) is 9.97 Å². The Hall–Kier alpha value is -2.32. The number of nitrogens with one attached hydrogen (secondary N) is 1. The summed E-state index contributed by atoms with van der Waals surface area (Å²) in [4.78, 5) is 33.3. The van der Waals surface area contributed by atoms with Gasteiger partial charge in [-0.2, -0.15) is 0 Å². The SMILES string of the molecule is CCC(Sc1nc2sc(C)c(-c3ccc(OC)c(C)c3)c2c(=O)[nH]1)C(N)=O. The van der Waals surface area contributed by atoms with E-state index in [9.17, 15) is 9.59 Å². The van der Waals surface area contributed by atoms with Gasteiger partial charge in [0.25, 0.3) is 5.56 Å². The van der Waals surface area contributed by atoms with Crippen molar-refractivity contribution < 1.29 is 9.53 Å². The number of thioether (sulfide) groups is 1. The topological polar surface area (TPSA) is 98.1 Å². The van der Waals surface area contributed by atoms with Gasteiger partial charge in [0.15, 0.2) is 5.16 Å². The maximum atomic E-state index is 12.8. The monoisotopic (exact) mass is 403 g/mol. The van der Waals surface area contributed by atoms with Crippen LogP contribution in [-0.4, -0.2) is 28.2 Å². The normalized spacial score (nSPS) is 12.3. The van der Waals surface area contributed by atoms with Crippen LogP contribution in [0.15, 0.2) is 28.2 Å². The molecule has 2 heterocycles. The van der Waals surface area contributed by atoms with Crippen LogP contribution >= 0.6 is 23.1 Å². The standard InChI is InChI=1S/C19H21N3O3S2/c1-5-13(16(20)23)27-19-21-17(24)15-14(10(3)26-18(15)22-19)11-6-7-12(25-4)9(2)8-11/h6-8,13H,5H2,1-4H3,(H2,20,23)(H,21,22,24). The van der Waals surface area contributed by atoms with Crippen molar-refractivity contribution in [1.82, 2.24) is 9.97 Å². The zero-order chi connectivity index (χ0) is 19.7. The third-order valence-corrected chi connectivity index (χ3v) is 6.61. The molecule has 6 nitrogen and oxygen atoms in total. The van der Waals surface area contributed by atoms with Crippen molar-refractivity contribution >= 4 is 39.2 Å². The second-order valence-corrected chi connectivity index (χ2v) is 8.58. The molecule has 0 bridgehead atoms. The number of benzene rings is 1. The number of thiophene rings is 1. The third kappa shape index (κ3) is 3.72. The quantitative estimate of drug-likeness (QED) is 0.484. The average Bonchev–Trinajstić information content (AvgIpc) is 2.95. The van der Waals surface area contributed by atoms with Crippen LogP contribution in [0.25, 0.3) is 21.3 Å². The van der Waals surface area contributed by atoms with E-state index in [1.807, 2.05) is 39.0 Å². The lowest BCUT2D eigenvalue weighted by molar-refractivity contribution is -0.117. The fourth-order valence-electron chi connectivity index (χ4n) is 3.01. The number of ether oxygens (including phenoxy) is 1. The molecule has 0 aliphatic carbocycles. The van der Waals surface area contributed by atoms with Crippen molar-refractivity contribution in [2.45, 2.75) is 37.6 Å². The van der Waals surface area contributed by atoms with Crippen LogP contribution in [0.4, 0.5) is 0 Å². The summed E-state index contributed by atoms with van der Waals surface area (Å²) in [5, 5.41) is 0.561. The Morgan fingerprint density at radius 2 is 2.15 bits per heavy atom. The number of nitrogens with zero attached hydrogens (tertiary/aromatic N) is 1. The number of aromatic amines is 1. The molecule has 142 valence electrons. The number of nitrogens with two attached hydrogens (primary N) is 1. The summed E-state index contributed by atoms with van der Waals surface area (Å²) in [5.74, 6) is 0.390. The minimum atomic E-state index is -0.421. The van der Waals surface area contributed by atoms with E-state index in [4.69, 9.17) is 10.5 Å². The number of primary amides is 1. The average molecular weight is 404 g/mol. The van der Waals surface area contributed by atoms with E-state index >= 15 is 0 Å². The fraction of sp³-hybridized carbons (Fsp3) is 0.316. The first kappa shape index (κ1) is 19.4. The number of aromatic nitrogens is 2. The van der Waals surface area contributed by atoms with E-state index in [1.54, 1.807) is 7.11 Å². The molecule has 3 aromatic rings. The first-order valence-corrected chi connectivity index (χ1v) is 10.2. The molecule has 3 rings (SSSR count). The summed E-state index contributed by atoms with van der Waals surface area (Å²) in [6.45, 7) is 5.82. The van der Waals surface area contributed by atoms with Gasteiger partial charge in [-0.15, -0.1) is 11.3 Å². The Labute approximate surface area is 165 Å². The molecule has 1 aromatic carbocycles. The molecule has 27 heavy (non-hydrogen) atoms. The van der Waals surface area contributed by atoms with Crippen LogP contribution in [-0.2, 0) is 4.79 Å². The maximum absolute atomic E-state index is 12.8. The highest BCUT2D eigenvalue weighted by molar-refractivity contribution is 8.00. The predicted octanol–water partition coefficient (Wildman–Crippen LogP) is 3.63. The van der Waals surface area contributed by atoms with Crippen LogP contribution in [0.2, 0.25) is 0 Å². The molecule has 0 aliphatic rings. The second-order valence-electron chi connectivity index (χ2n) is 6.19. The number of rotatable bonds is 6. The Bertz CT molecular complexity index is 1070. The van der Waals surface area contributed by atoms with E-state index in [-0.39, 0.29) is 5.56 Å². The van der Waals surface area contributed by atoms with Gasteiger partial charge in [-0.3, -0.25) is 9.59 Å². The first-order valence-electron chi connectivity index (χ1n) is 8.50. The Balaban J connectivity index is 2.12. The number of H-pyrrole nitrogens is 1. The number of carbonyl (C=O) groups excluding carboxylic acids is 1. The lowest BCUT2D eigenvalue weighted by Crippen LogP contribution is -2.25. The Morgan fingerprint density at radius 1 is 1.41 bits per heavy atom. The molecule has 1 atom stereocenters. The van der Waals surface area contributed by atoms with Gasteiger partial charge in [-0.25, -0.2) is 4.98 Å². The summed E-state index contributed by atoms with van der Waals surface area (Å²) in [5.41, 5.74) is 8.02. The highest BCUT2D eigenvalue weighted by Crippen LogP contribution is 2.37. The molecule has 1 amide bonds. The van der Waals surface area contributed by atoms with Gasteiger partial charge < -0.3 is 15.5 Å². The second kappa shape index (κ2) is 7.74. The molecule has 0 saturated carbocycles. The summed E-state index contributed by atoms with van der Waals surface area (Å²) in [6, 6.07) is 5.86. The van der Waals surface area contributed by atoms with Gasteiger partial charge in [-0.1, -0.05) is 24.8 Å². The number of carbonyl (C=O) groups is 1. The third-order valence-electron chi connectivity index (χ3n) is 4.34. The summed E-state index contributed by atoms with van der Waals surface area (Å²) < 4.78 is 5.32. The number of hydrogen-bond acceptors (Lipinski definition) is 6. The molecule has 2 aromatic heterocycles. The smallest absolute Gasteiger partial charge is 0.260 e. The first-order chi connectivity index (χ1) is 12.8.